The van der Waals surface area contributed by atoms with Gasteiger partial charge in [0.2, 0.25) is 0 Å². The molecule has 2 unspecified atom stereocenters. The molecule has 0 fully saturated rings. The fourth-order valence-electron chi connectivity index (χ4n) is 3.59. The molecule has 4 heteroatoms. The van der Waals surface area contributed by atoms with E-state index in [1.807, 2.05) is 36.4 Å². The first-order valence-electron chi connectivity index (χ1n) is 7.14. The molecule has 5 rings (SSSR count). The van der Waals surface area contributed by atoms with Gasteiger partial charge in [-0.2, -0.15) is 0 Å². The van der Waals surface area contributed by atoms with Crippen LogP contribution in [0.2, 0.25) is 0 Å². The maximum atomic E-state index is 10.5. The third-order valence-corrected chi connectivity index (χ3v) is 4.51. The molecule has 22 heavy (non-hydrogen) atoms. The summed E-state index contributed by atoms with van der Waals surface area (Å²) < 4.78 is 11.0. The summed E-state index contributed by atoms with van der Waals surface area (Å²) in [5.74, 6) is 1.34. The zero-order valence-electron chi connectivity index (χ0n) is 12.3. The summed E-state index contributed by atoms with van der Waals surface area (Å²) in [7, 11) is 3.20. The molecule has 0 saturated heterocycles. The van der Waals surface area contributed by atoms with Crippen molar-refractivity contribution in [1.82, 2.24) is 0 Å². The highest BCUT2D eigenvalue weighted by Gasteiger charge is 2.36. The van der Waals surface area contributed by atoms with Crippen molar-refractivity contribution in [3.05, 3.63) is 47.5 Å². The van der Waals surface area contributed by atoms with Gasteiger partial charge in [0.05, 0.1) is 14.2 Å². The van der Waals surface area contributed by atoms with Crippen molar-refractivity contribution < 1.29 is 19.7 Å². The molecule has 0 aromatic heterocycles. The average molecular weight is 296 g/mol. The molecule has 3 aromatic rings. The second-order valence-electron chi connectivity index (χ2n) is 5.48. The van der Waals surface area contributed by atoms with Gasteiger partial charge in [-0.25, -0.2) is 0 Å². The van der Waals surface area contributed by atoms with E-state index in [-0.39, 0.29) is 0 Å². The first kappa shape index (κ1) is 13.4. The topological polar surface area (TPSA) is 58.9 Å². The maximum absolute atomic E-state index is 10.5. The van der Waals surface area contributed by atoms with Gasteiger partial charge in [0.15, 0.2) is 0 Å². The summed E-state index contributed by atoms with van der Waals surface area (Å²) in [6, 6.07) is 11.4. The monoisotopic (exact) mass is 296 g/mol. The summed E-state index contributed by atoms with van der Waals surface area (Å²) in [6.07, 6.45) is -1.92. The summed E-state index contributed by atoms with van der Waals surface area (Å²) >= 11 is 0. The Labute approximate surface area is 127 Å². The van der Waals surface area contributed by atoms with Crippen LogP contribution in [0.15, 0.2) is 36.4 Å². The second-order valence-corrected chi connectivity index (χ2v) is 5.48. The Hall–Kier alpha value is -2.30. The van der Waals surface area contributed by atoms with Gasteiger partial charge in [0.25, 0.3) is 0 Å². The van der Waals surface area contributed by atoms with Gasteiger partial charge in [0.1, 0.15) is 23.7 Å². The van der Waals surface area contributed by atoms with Crippen LogP contribution in [0.1, 0.15) is 23.3 Å². The number of hydrogen-bond acceptors (Lipinski definition) is 4. The van der Waals surface area contributed by atoms with E-state index in [2.05, 4.69) is 0 Å². The minimum absolute atomic E-state index is 0.670. The molecule has 2 N–H and O–H groups in total. The van der Waals surface area contributed by atoms with Crippen LogP contribution in [-0.2, 0) is 0 Å². The normalized spacial score (nSPS) is 19.8. The maximum Gasteiger partial charge on any atom is 0.127 e. The molecule has 0 radical (unpaired) electrons. The molecule has 0 spiro atoms. The number of benzene rings is 3. The number of aliphatic hydroxyl groups excluding tert-OH is 2. The van der Waals surface area contributed by atoms with E-state index in [4.69, 9.17) is 9.47 Å². The van der Waals surface area contributed by atoms with Crippen molar-refractivity contribution in [1.29, 1.82) is 0 Å². The number of hydrogen-bond donors (Lipinski definition) is 2. The fraction of sp³-hybridized carbons (Fsp3) is 0.222. The molecule has 0 saturated carbocycles. The first-order valence-corrected chi connectivity index (χ1v) is 7.14. The van der Waals surface area contributed by atoms with Crippen LogP contribution in [0.3, 0.4) is 0 Å². The van der Waals surface area contributed by atoms with Crippen molar-refractivity contribution >= 4 is 21.5 Å². The minimum Gasteiger partial charge on any atom is -0.496 e. The van der Waals surface area contributed by atoms with Crippen LogP contribution < -0.4 is 9.47 Å². The molecule has 2 aliphatic carbocycles. The van der Waals surface area contributed by atoms with Gasteiger partial charge in [-0.15, -0.1) is 0 Å². The van der Waals surface area contributed by atoms with Gasteiger partial charge in [-0.1, -0.05) is 24.3 Å². The lowest BCUT2D eigenvalue weighted by atomic mass is 9.78. The molecular formula is C18H16O4. The number of aliphatic hydroxyl groups is 2. The standard InChI is InChI=1S/C18H16O4/c1-21-11-7-8-12(22-2)16-14-10-6-4-3-5-9(10)13(15(11)16)17(19)18(14)20/h3-8,17-20H,1-2H3. The van der Waals surface area contributed by atoms with Crippen LogP contribution in [0.4, 0.5) is 0 Å². The Bertz CT molecular complexity index is 827. The van der Waals surface area contributed by atoms with Crippen LogP contribution >= 0.6 is 0 Å². The summed E-state index contributed by atoms with van der Waals surface area (Å²) in [6.45, 7) is 0. The van der Waals surface area contributed by atoms with Crippen molar-refractivity contribution in [3.63, 3.8) is 0 Å². The smallest absolute Gasteiger partial charge is 0.127 e. The van der Waals surface area contributed by atoms with Crippen LogP contribution in [-0.4, -0.2) is 24.4 Å². The third-order valence-electron chi connectivity index (χ3n) is 4.51. The zero-order valence-corrected chi connectivity index (χ0v) is 12.3. The fourth-order valence-corrected chi connectivity index (χ4v) is 3.59. The highest BCUT2D eigenvalue weighted by atomic mass is 16.5. The Balaban J connectivity index is 2.35. The van der Waals surface area contributed by atoms with E-state index in [1.54, 1.807) is 14.2 Å². The van der Waals surface area contributed by atoms with Gasteiger partial charge >= 0.3 is 0 Å². The summed E-state index contributed by atoms with van der Waals surface area (Å²) in [4.78, 5) is 0. The molecule has 2 bridgehead atoms. The highest BCUT2D eigenvalue weighted by Crippen LogP contribution is 2.53. The Morgan fingerprint density at radius 2 is 1.14 bits per heavy atom. The summed E-state index contributed by atoms with van der Waals surface area (Å²) in [5.41, 5.74) is 1.40. The lowest BCUT2D eigenvalue weighted by Gasteiger charge is -2.32. The first-order chi connectivity index (χ1) is 10.7. The summed E-state index contributed by atoms with van der Waals surface area (Å²) in [5, 5.41) is 24.6. The Morgan fingerprint density at radius 3 is 1.50 bits per heavy atom. The molecule has 3 aromatic carbocycles. The number of ether oxygens (including phenoxy) is 2. The Morgan fingerprint density at radius 1 is 0.727 bits per heavy atom. The molecule has 2 atom stereocenters. The zero-order chi connectivity index (χ0) is 15.4. The van der Waals surface area contributed by atoms with Gasteiger partial charge in [0, 0.05) is 21.9 Å². The molecule has 0 amide bonds. The second kappa shape index (κ2) is 4.60. The van der Waals surface area contributed by atoms with Crippen LogP contribution in [0.5, 0.6) is 11.5 Å². The predicted molar refractivity (Wildman–Crippen MR) is 84.5 cm³/mol. The van der Waals surface area contributed by atoms with Gasteiger partial charge in [-0.3, -0.25) is 0 Å². The SMILES string of the molecule is COc1ccc(OC)c2c3c4ccccc4c(c12)C(O)C3O. The number of methoxy groups -OCH3 is 2. The Kier molecular flexibility index (Phi) is 2.79. The molecule has 0 aliphatic heterocycles. The largest absolute Gasteiger partial charge is 0.496 e. The van der Waals surface area contributed by atoms with Crippen molar-refractivity contribution in [2.75, 3.05) is 14.2 Å². The molecule has 2 aliphatic rings. The molecule has 112 valence electrons. The van der Waals surface area contributed by atoms with Crippen molar-refractivity contribution in [3.8, 4) is 11.5 Å². The molecular weight excluding hydrogens is 280 g/mol. The van der Waals surface area contributed by atoms with Crippen LogP contribution in [0.25, 0.3) is 21.5 Å². The van der Waals surface area contributed by atoms with E-state index in [9.17, 15) is 10.2 Å². The van der Waals surface area contributed by atoms with E-state index in [0.717, 1.165) is 21.5 Å². The number of rotatable bonds is 2. The van der Waals surface area contributed by atoms with Crippen molar-refractivity contribution in [2.24, 2.45) is 0 Å². The van der Waals surface area contributed by atoms with E-state index < -0.39 is 12.2 Å². The van der Waals surface area contributed by atoms with E-state index in [1.165, 1.54) is 0 Å². The van der Waals surface area contributed by atoms with E-state index in [0.29, 0.717) is 22.6 Å². The average Bonchev–Trinajstić information content (AvgIpc) is 2.56. The van der Waals surface area contributed by atoms with Gasteiger partial charge < -0.3 is 19.7 Å². The molecule has 0 heterocycles. The van der Waals surface area contributed by atoms with Gasteiger partial charge in [-0.05, 0) is 22.9 Å². The van der Waals surface area contributed by atoms with E-state index >= 15 is 0 Å². The molecule has 4 nitrogen and oxygen atoms in total. The number of fused-ring (bicyclic) bond motifs is 1. The lowest BCUT2D eigenvalue weighted by Crippen LogP contribution is -2.19. The van der Waals surface area contributed by atoms with Crippen molar-refractivity contribution in [2.45, 2.75) is 12.2 Å². The minimum atomic E-state index is -0.960. The predicted octanol–water partition coefficient (Wildman–Crippen LogP) is 3.09. The quantitative estimate of drug-likeness (QED) is 0.713. The lowest BCUT2D eigenvalue weighted by molar-refractivity contribution is 0.0180. The highest BCUT2D eigenvalue weighted by molar-refractivity contribution is 6.12. The third kappa shape index (κ3) is 1.48. The van der Waals surface area contributed by atoms with Crippen LogP contribution in [0, 0.1) is 0 Å².